The molecule has 1 N–H and O–H groups in total. The Hall–Kier alpha value is -3.31. The standard InChI is InChI=1S/C25H29F2N7O2/c1-15-28-22-20(27)11-16(12-21(22)33(15)10-6-26)19-5-9-34-23(19)24(35-2)30-25(31-34)29-17-3-7-32(8-4-17)18-13-36-14-18/h5,9,11-12,17-18H,3-4,6-8,10,13-14H2,1-2H3,(H,29,31). The number of aryl methyl sites for hydroxylation is 2. The highest BCUT2D eigenvalue weighted by molar-refractivity contribution is 5.90. The van der Waals surface area contributed by atoms with Crippen LogP contribution in [-0.2, 0) is 11.3 Å². The van der Waals surface area contributed by atoms with Gasteiger partial charge in [-0.2, -0.15) is 4.98 Å². The van der Waals surface area contributed by atoms with Crippen LogP contribution in [0.15, 0.2) is 24.4 Å². The maximum absolute atomic E-state index is 15.0. The van der Waals surface area contributed by atoms with Crippen molar-refractivity contribution in [2.75, 3.05) is 45.4 Å². The van der Waals surface area contributed by atoms with E-state index in [9.17, 15) is 4.39 Å². The SMILES string of the molecule is COc1nc(NC2CCN(C3COC3)CC2)nn2ccc(-c3cc(F)c4nc(C)n(CCF)c4c3)c12. The summed E-state index contributed by atoms with van der Waals surface area (Å²) in [4.78, 5) is 11.4. The molecule has 0 saturated carbocycles. The van der Waals surface area contributed by atoms with E-state index in [1.54, 1.807) is 23.1 Å². The number of piperidine rings is 1. The summed E-state index contributed by atoms with van der Waals surface area (Å²) < 4.78 is 42.5. The molecular weight excluding hydrogens is 468 g/mol. The Morgan fingerprint density at radius 1 is 1.19 bits per heavy atom. The minimum Gasteiger partial charge on any atom is -0.479 e. The second kappa shape index (κ2) is 9.29. The fraction of sp³-hybridized carbons (Fsp3) is 0.480. The Morgan fingerprint density at radius 3 is 2.69 bits per heavy atom. The number of halogens is 2. The molecule has 0 bridgehead atoms. The molecule has 2 aliphatic heterocycles. The summed E-state index contributed by atoms with van der Waals surface area (Å²) in [6.07, 6.45) is 3.82. The van der Waals surface area contributed by atoms with Crippen molar-refractivity contribution < 1.29 is 18.3 Å². The Labute approximate surface area is 207 Å². The Balaban J connectivity index is 1.31. The van der Waals surface area contributed by atoms with Crippen molar-refractivity contribution >= 4 is 22.5 Å². The molecule has 9 nitrogen and oxygen atoms in total. The molecule has 3 aromatic heterocycles. The van der Waals surface area contributed by atoms with Crippen LogP contribution < -0.4 is 10.1 Å². The number of methoxy groups -OCH3 is 1. The second-order valence-electron chi connectivity index (χ2n) is 9.44. The number of likely N-dealkylation sites (tertiary alicyclic amines) is 1. The molecule has 11 heteroatoms. The van der Waals surface area contributed by atoms with Gasteiger partial charge in [-0.3, -0.25) is 4.90 Å². The van der Waals surface area contributed by atoms with Crippen LogP contribution in [0.4, 0.5) is 14.7 Å². The van der Waals surface area contributed by atoms with E-state index < -0.39 is 12.5 Å². The van der Waals surface area contributed by atoms with Gasteiger partial charge in [0.05, 0.1) is 38.4 Å². The first-order valence-electron chi connectivity index (χ1n) is 12.3. The number of ether oxygens (including phenoxy) is 2. The predicted molar refractivity (Wildman–Crippen MR) is 132 cm³/mol. The van der Waals surface area contributed by atoms with E-state index in [1.807, 2.05) is 18.3 Å². The Kier molecular flexibility index (Phi) is 5.96. The smallest absolute Gasteiger partial charge is 0.244 e. The topological polar surface area (TPSA) is 81.7 Å². The number of alkyl halides is 1. The lowest BCUT2D eigenvalue weighted by Crippen LogP contribution is -2.53. The van der Waals surface area contributed by atoms with Gasteiger partial charge in [0.15, 0.2) is 5.82 Å². The van der Waals surface area contributed by atoms with Crippen LogP contribution in [0.1, 0.15) is 18.7 Å². The average Bonchev–Trinajstić information content (AvgIpc) is 3.40. The van der Waals surface area contributed by atoms with Crippen LogP contribution in [0.2, 0.25) is 0 Å². The van der Waals surface area contributed by atoms with Crippen LogP contribution in [-0.4, -0.2) is 81.2 Å². The zero-order chi connectivity index (χ0) is 24.8. The summed E-state index contributed by atoms with van der Waals surface area (Å²) >= 11 is 0. The Morgan fingerprint density at radius 2 is 2.00 bits per heavy atom. The number of nitrogens with one attached hydrogen (secondary N) is 1. The highest BCUT2D eigenvalue weighted by atomic mass is 19.1. The first kappa shape index (κ1) is 23.1. The first-order valence-corrected chi connectivity index (χ1v) is 12.3. The number of rotatable bonds is 7. The van der Waals surface area contributed by atoms with Gasteiger partial charge in [-0.1, -0.05) is 0 Å². The normalized spacial score (nSPS) is 17.7. The number of hydrogen-bond donors (Lipinski definition) is 1. The number of fused-ring (bicyclic) bond motifs is 2. The summed E-state index contributed by atoms with van der Waals surface area (Å²) in [5.74, 6) is 1.00. The molecule has 0 aliphatic carbocycles. The van der Waals surface area contributed by atoms with Crippen LogP contribution in [0.5, 0.6) is 5.88 Å². The molecule has 0 unspecified atom stereocenters. The number of hydrogen-bond acceptors (Lipinski definition) is 7. The van der Waals surface area contributed by atoms with Gasteiger partial charge in [-0.05, 0) is 43.5 Å². The van der Waals surface area contributed by atoms with Crippen molar-refractivity contribution in [2.45, 2.75) is 38.4 Å². The van der Waals surface area contributed by atoms with Gasteiger partial charge in [0.1, 0.15) is 23.5 Å². The molecule has 1 aromatic carbocycles. The summed E-state index contributed by atoms with van der Waals surface area (Å²) in [5, 5.41) is 8.12. The van der Waals surface area contributed by atoms with E-state index in [-0.39, 0.29) is 18.1 Å². The third kappa shape index (κ3) is 3.96. The molecular formula is C25H29F2N7O2. The van der Waals surface area contributed by atoms with E-state index >= 15 is 4.39 Å². The Bertz CT molecular complexity index is 1410. The lowest BCUT2D eigenvalue weighted by molar-refractivity contribution is -0.0705. The monoisotopic (exact) mass is 497 g/mol. The molecule has 0 radical (unpaired) electrons. The fourth-order valence-corrected chi connectivity index (χ4v) is 5.27. The molecule has 5 heterocycles. The molecule has 36 heavy (non-hydrogen) atoms. The maximum atomic E-state index is 15.0. The number of anilines is 1. The van der Waals surface area contributed by atoms with Gasteiger partial charge in [0.25, 0.3) is 0 Å². The van der Waals surface area contributed by atoms with Crippen molar-refractivity contribution in [3.05, 3.63) is 36.0 Å². The molecule has 4 aromatic rings. The molecule has 190 valence electrons. The quantitative estimate of drug-likeness (QED) is 0.419. The third-order valence-corrected chi connectivity index (χ3v) is 7.29. The van der Waals surface area contributed by atoms with E-state index in [0.29, 0.717) is 40.3 Å². The third-order valence-electron chi connectivity index (χ3n) is 7.29. The molecule has 6 rings (SSSR count). The lowest BCUT2D eigenvalue weighted by Gasteiger charge is -2.41. The molecule has 0 amide bonds. The van der Waals surface area contributed by atoms with Gasteiger partial charge < -0.3 is 19.4 Å². The zero-order valence-electron chi connectivity index (χ0n) is 20.4. The van der Waals surface area contributed by atoms with Crippen LogP contribution in [0, 0.1) is 12.7 Å². The minimum atomic E-state index is -0.557. The van der Waals surface area contributed by atoms with Gasteiger partial charge in [-0.25, -0.2) is 18.3 Å². The van der Waals surface area contributed by atoms with Gasteiger partial charge in [0, 0.05) is 30.9 Å². The van der Waals surface area contributed by atoms with E-state index in [0.717, 1.165) is 44.7 Å². The lowest BCUT2D eigenvalue weighted by atomic mass is 10.0. The van der Waals surface area contributed by atoms with Crippen LogP contribution >= 0.6 is 0 Å². The van der Waals surface area contributed by atoms with Crippen LogP contribution in [0.25, 0.3) is 27.7 Å². The van der Waals surface area contributed by atoms with E-state index in [1.165, 1.54) is 6.07 Å². The first-order chi connectivity index (χ1) is 17.6. The fourth-order valence-electron chi connectivity index (χ4n) is 5.27. The minimum absolute atomic E-state index is 0.122. The predicted octanol–water partition coefficient (Wildman–Crippen LogP) is 3.45. The summed E-state index contributed by atoms with van der Waals surface area (Å²) in [5.41, 5.74) is 2.77. The summed E-state index contributed by atoms with van der Waals surface area (Å²) in [6, 6.07) is 5.96. The van der Waals surface area contributed by atoms with Gasteiger partial charge in [0.2, 0.25) is 11.8 Å². The molecule has 0 spiro atoms. The highest BCUT2D eigenvalue weighted by Gasteiger charge is 2.30. The highest BCUT2D eigenvalue weighted by Crippen LogP contribution is 2.34. The molecule has 0 atom stereocenters. The maximum Gasteiger partial charge on any atom is 0.244 e. The largest absolute Gasteiger partial charge is 0.479 e. The van der Waals surface area contributed by atoms with Gasteiger partial charge in [-0.15, -0.1) is 5.10 Å². The zero-order valence-corrected chi connectivity index (χ0v) is 20.4. The van der Waals surface area contributed by atoms with E-state index in [2.05, 4.69) is 25.3 Å². The number of benzene rings is 1. The molecule has 2 fully saturated rings. The van der Waals surface area contributed by atoms with Crippen molar-refractivity contribution in [2.24, 2.45) is 0 Å². The van der Waals surface area contributed by atoms with Crippen molar-refractivity contribution in [3.8, 4) is 17.0 Å². The van der Waals surface area contributed by atoms with Crippen molar-refractivity contribution in [1.82, 2.24) is 29.0 Å². The molecule has 2 saturated heterocycles. The number of aromatic nitrogens is 5. The second-order valence-corrected chi connectivity index (χ2v) is 9.44. The van der Waals surface area contributed by atoms with Crippen LogP contribution in [0.3, 0.4) is 0 Å². The molecule has 2 aliphatic rings. The number of imidazole rings is 1. The van der Waals surface area contributed by atoms with Crippen molar-refractivity contribution in [1.29, 1.82) is 0 Å². The van der Waals surface area contributed by atoms with Crippen molar-refractivity contribution in [3.63, 3.8) is 0 Å². The number of nitrogens with zero attached hydrogens (tertiary/aromatic N) is 6. The summed E-state index contributed by atoms with van der Waals surface area (Å²) in [6.45, 7) is 5.02. The average molecular weight is 498 g/mol. The van der Waals surface area contributed by atoms with Gasteiger partial charge >= 0.3 is 0 Å². The van der Waals surface area contributed by atoms with E-state index in [4.69, 9.17) is 9.47 Å². The summed E-state index contributed by atoms with van der Waals surface area (Å²) in [7, 11) is 1.56.